The Balaban J connectivity index is 1.88. The zero-order chi connectivity index (χ0) is 20.6. The standard InChI is InChI=1S/C19H22O8S/c20-10-2-11-26-14-6-8-15(9-7-14)28(24,25)13-3-12-27-17-5-1-4-16(18(17)21)19(22)23/h1,4-9,20-21H,2-3,10-13H2,(H,22,23). The van der Waals surface area contributed by atoms with E-state index < -0.39 is 21.6 Å². The molecule has 0 radical (unpaired) electrons. The highest BCUT2D eigenvalue weighted by atomic mass is 32.2. The minimum Gasteiger partial charge on any atom is -0.504 e. The average molecular weight is 410 g/mol. The number of carboxylic acids is 1. The van der Waals surface area contributed by atoms with Gasteiger partial charge >= 0.3 is 5.97 Å². The van der Waals surface area contributed by atoms with E-state index in [1.165, 1.54) is 30.3 Å². The van der Waals surface area contributed by atoms with Crippen LogP contribution >= 0.6 is 0 Å². The molecule has 0 heterocycles. The third kappa shape index (κ3) is 5.86. The highest BCUT2D eigenvalue weighted by Crippen LogP contribution is 2.29. The number of aliphatic hydroxyl groups excluding tert-OH is 1. The molecule has 0 saturated heterocycles. The number of carbonyl (C=O) groups is 1. The number of hydrogen-bond donors (Lipinski definition) is 3. The van der Waals surface area contributed by atoms with Crippen molar-refractivity contribution in [3.63, 3.8) is 0 Å². The van der Waals surface area contributed by atoms with Gasteiger partial charge in [0.15, 0.2) is 21.3 Å². The average Bonchev–Trinajstić information content (AvgIpc) is 2.67. The lowest BCUT2D eigenvalue weighted by Crippen LogP contribution is -2.11. The molecule has 0 aromatic heterocycles. The van der Waals surface area contributed by atoms with Gasteiger partial charge in [0.25, 0.3) is 0 Å². The van der Waals surface area contributed by atoms with Gasteiger partial charge in [-0.2, -0.15) is 0 Å². The molecule has 0 spiro atoms. The second kappa shape index (κ2) is 9.95. The molecule has 3 N–H and O–H groups in total. The lowest BCUT2D eigenvalue weighted by molar-refractivity contribution is 0.0692. The second-order valence-electron chi connectivity index (χ2n) is 5.88. The van der Waals surface area contributed by atoms with Crippen LogP contribution in [-0.4, -0.2) is 55.3 Å². The summed E-state index contributed by atoms with van der Waals surface area (Å²) in [6, 6.07) is 10.1. The van der Waals surface area contributed by atoms with Gasteiger partial charge in [-0.1, -0.05) is 6.07 Å². The number of aliphatic hydroxyl groups is 1. The van der Waals surface area contributed by atoms with E-state index in [2.05, 4.69) is 0 Å². The molecule has 0 saturated carbocycles. The number of aromatic hydroxyl groups is 1. The zero-order valence-electron chi connectivity index (χ0n) is 15.1. The topological polar surface area (TPSA) is 130 Å². The van der Waals surface area contributed by atoms with E-state index in [9.17, 15) is 18.3 Å². The molecule has 0 aliphatic carbocycles. The number of rotatable bonds is 11. The Morgan fingerprint density at radius 1 is 0.964 bits per heavy atom. The largest absolute Gasteiger partial charge is 0.504 e. The van der Waals surface area contributed by atoms with Crippen LogP contribution < -0.4 is 9.47 Å². The first kappa shape index (κ1) is 21.5. The van der Waals surface area contributed by atoms with Gasteiger partial charge in [-0.3, -0.25) is 0 Å². The third-order valence-electron chi connectivity index (χ3n) is 3.80. The molecular formula is C19H22O8S. The lowest BCUT2D eigenvalue weighted by atomic mass is 10.2. The molecule has 2 rings (SSSR count). The molecule has 152 valence electrons. The van der Waals surface area contributed by atoms with Crippen molar-refractivity contribution in [3.8, 4) is 17.2 Å². The zero-order valence-corrected chi connectivity index (χ0v) is 15.9. The highest BCUT2D eigenvalue weighted by Gasteiger charge is 2.16. The van der Waals surface area contributed by atoms with Gasteiger partial charge in [0.2, 0.25) is 0 Å². The fourth-order valence-corrected chi connectivity index (χ4v) is 3.64. The summed E-state index contributed by atoms with van der Waals surface area (Å²) in [5.74, 6) is -1.44. The molecule has 8 nitrogen and oxygen atoms in total. The summed E-state index contributed by atoms with van der Waals surface area (Å²) in [6.45, 7) is 0.362. The number of ether oxygens (including phenoxy) is 2. The lowest BCUT2D eigenvalue weighted by Gasteiger charge is -2.10. The van der Waals surface area contributed by atoms with Gasteiger partial charge in [0.1, 0.15) is 11.3 Å². The molecule has 0 unspecified atom stereocenters. The number of sulfone groups is 1. The van der Waals surface area contributed by atoms with Gasteiger partial charge in [0, 0.05) is 13.0 Å². The molecule has 0 fully saturated rings. The Labute approximate surface area is 162 Å². The van der Waals surface area contributed by atoms with Crippen molar-refractivity contribution < 1.29 is 38.0 Å². The Morgan fingerprint density at radius 3 is 2.29 bits per heavy atom. The predicted octanol–water partition coefficient (Wildman–Crippen LogP) is 2.09. The maximum Gasteiger partial charge on any atom is 0.339 e. The van der Waals surface area contributed by atoms with E-state index >= 15 is 0 Å². The van der Waals surface area contributed by atoms with Crippen molar-refractivity contribution in [2.45, 2.75) is 17.7 Å². The van der Waals surface area contributed by atoms with E-state index in [0.717, 1.165) is 0 Å². The molecule has 2 aromatic rings. The molecule has 0 aliphatic heterocycles. The molecule has 0 amide bonds. The molecule has 0 bridgehead atoms. The van der Waals surface area contributed by atoms with Crippen LogP contribution in [0.15, 0.2) is 47.4 Å². The fourth-order valence-electron chi connectivity index (χ4n) is 2.36. The maximum absolute atomic E-state index is 12.4. The minimum atomic E-state index is -3.52. The van der Waals surface area contributed by atoms with Crippen LogP contribution in [0.1, 0.15) is 23.2 Å². The van der Waals surface area contributed by atoms with Gasteiger partial charge in [-0.05, 0) is 42.8 Å². The fraction of sp³-hybridized carbons (Fsp3) is 0.316. The van der Waals surface area contributed by atoms with E-state index in [1.54, 1.807) is 12.1 Å². The molecule has 0 aliphatic rings. The summed E-state index contributed by atoms with van der Waals surface area (Å²) in [4.78, 5) is 11.1. The minimum absolute atomic E-state index is 0.00177. The van der Waals surface area contributed by atoms with E-state index in [1.807, 2.05) is 0 Å². The quantitative estimate of drug-likeness (QED) is 0.480. The Kier molecular flexibility index (Phi) is 7.65. The Hall–Kier alpha value is -2.78. The van der Waals surface area contributed by atoms with Crippen molar-refractivity contribution in [1.82, 2.24) is 0 Å². The van der Waals surface area contributed by atoms with Crippen LogP contribution in [0.5, 0.6) is 17.2 Å². The van der Waals surface area contributed by atoms with Crippen LogP contribution in [0.2, 0.25) is 0 Å². The smallest absolute Gasteiger partial charge is 0.339 e. The summed E-state index contributed by atoms with van der Waals surface area (Å²) < 4.78 is 35.4. The van der Waals surface area contributed by atoms with E-state index in [-0.39, 0.29) is 41.6 Å². The summed E-state index contributed by atoms with van der Waals surface area (Å²) >= 11 is 0. The number of benzene rings is 2. The second-order valence-corrected chi connectivity index (χ2v) is 7.98. The van der Waals surface area contributed by atoms with Crippen molar-refractivity contribution in [1.29, 1.82) is 0 Å². The molecule has 2 aromatic carbocycles. The van der Waals surface area contributed by atoms with Crippen molar-refractivity contribution in [2.24, 2.45) is 0 Å². The number of phenols is 1. The molecular weight excluding hydrogens is 388 g/mol. The number of aromatic carboxylic acids is 1. The summed E-state index contributed by atoms with van der Waals surface area (Å²) in [5.41, 5.74) is -0.286. The van der Waals surface area contributed by atoms with Crippen LogP contribution in [0, 0.1) is 0 Å². The maximum atomic E-state index is 12.4. The van der Waals surface area contributed by atoms with Crippen molar-refractivity contribution in [3.05, 3.63) is 48.0 Å². The molecule has 9 heteroatoms. The summed E-state index contributed by atoms with van der Waals surface area (Å²) in [7, 11) is -3.52. The van der Waals surface area contributed by atoms with Crippen LogP contribution in [0.4, 0.5) is 0 Å². The van der Waals surface area contributed by atoms with Gasteiger partial charge in [-0.15, -0.1) is 0 Å². The predicted molar refractivity (Wildman–Crippen MR) is 101 cm³/mol. The SMILES string of the molecule is O=C(O)c1cccc(OCCCS(=O)(=O)c2ccc(OCCCO)cc2)c1O. The normalized spacial score (nSPS) is 11.2. The number of carboxylic acid groups (broad SMARTS) is 1. The summed E-state index contributed by atoms with van der Waals surface area (Å²) in [6.07, 6.45) is 0.652. The van der Waals surface area contributed by atoms with E-state index in [4.69, 9.17) is 19.7 Å². The first-order valence-corrected chi connectivity index (χ1v) is 10.2. The number of hydrogen-bond acceptors (Lipinski definition) is 7. The van der Waals surface area contributed by atoms with Crippen molar-refractivity contribution in [2.75, 3.05) is 25.6 Å². The van der Waals surface area contributed by atoms with Crippen LogP contribution in [0.25, 0.3) is 0 Å². The number of para-hydroxylation sites is 1. The van der Waals surface area contributed by atoms with Crippen LogP contribution in [-0.2, 0) is 9.84 Å². The van der Waals surface area contributed by atoms with Gasteiger partial charge in [-0.25, -0.2) is 13.2 Å². The highest BCUT2D eigenvalue weighted by molar-refractivity contribution is 7.91. The van der Waals surface area contributed by atoms with Crippen LogP contribution in [0.3, 0.4) is 0 Å². The summed E-state index contributed by atoms with van der Waals surface area (Å²) in [5, 5.41) is 27.5. The van der Waals surface area contributed by atoms with E-state index in [0.29, 0.717) is 18.8 Å². The molecule has 0 atom stereocenters. The van der Waals surface area contributed by atoms with Gasteiger partial charge in [0.05, 0.1) is 23.9 Å². The first-order chi connectivity index (χ1) is 13.3. The third-order valence-corrected chi connectivity index (χ3v) is 5.61. The molecule has 28 heavy (non-hydrogen) atoms. The Morgan fingerprint density at radius 2 is 1.64 bits per heavy atom. The van der Waals surface area contributed by atoms with Crippen molar-refractivity contribution >= 4 is 15.8 Å². The Bertz CT molecular complexity index is 891. The van der Waals surface area contributed by atoms with Gasteiger partial charge < -0.3 is 24.8 Å². The first-order valence-electron chi connectivity index (χ1n) is 8.59. The monoisotopic (exact) mass is 410 g/mol.